The molecular weight excluding hydrogens is 674 g/mol. The van der Waals surface area contributed by atoms with Crippen LogP contribution in [0.2, 0.25) is 0 Å². The molecule has 1 saturated carbocycles. The van der Waals surface area contributed by atoms with Crippen LogP contribution in [0.3, 0.4) is 0 Å². The molecular formula is C42H52F2N6O3. The van der Waals surface area contributed by atoms with Crippen molar-refractivity contribution in [2.24, 2.45) is 5.92 Å². The van der Waals surface area contributed by atoms with Gasteiger partial charge in [-0.05, 0) is 87.2 Å². The molecule has 2 aliphatic heterocycles. The van der Waals surface area contributed by atoms with E-state index in [2.05, 4.69) is 26.5 Å². The van der Waals surface area contributed by atoms with Crippen LogP contribution in [0.1, 0.15) is 107 Å². The minimum absolute atomic E-state index is 0.118. The Morgan fingerprint density at radius 2 is 1.68 bits per heavy atom. The third kappa shape index (κ3) is 9.01. The Morgan fingerprint density at radius 3 is 2.43 bits per heavy atom. The molecule has 4 aliphatic rings. The summed E-state index contributed by atoms with van der Waals surface area (Å²) >= 11 is 0. The highest BCUT2D eigenvalue weighted by molar-refractivity contribution is 6.21. The molecule has 7 rings (SSSR count). The molecule has 0 radical (unpaired) electrons. The Balaban J connectivity index is 0.974. The smallest absolute Gasteiger partial charge is 0.261 e. The number of rotatable bonds is 14. The van der Waals surface area contributed by atoms with Gasteiger partial charge >= 0.3 is 0 Å². The van der Waals surface area contributed by atoms with Gasteiger partial charge in [-0.2, -0.15) is 0 Å². The minimum Gasteiger partial charge on any atom is -0.349 e. The van der Waals surface area contributed by atoms with Gasteiger partial charge in [0.15, 0.2) is 0 Å². The van der Waals surface area contributed by atoms with Crippen molar-refractivity contribution >= 4 is 17.7 Å². The SMILES string of the molecule is O=C(N[C@@H](CCN1CCN[C@@H](CN(CCCCN2C(=O)c3ccccc3C2=O)[C@H]2CCCc3cccnc32)C1)c1ccccc1)C1CCC(F)(F)CC1. The predicted octanol–water partition coefficient (Wildman–Crippen LogP) is 6.18. The number of alkyl halides is 2. The van der Waals surface area contributed by atoms with E-state index in [-0.39, 0.29) is 67.4 Å². The van der Waals surface area contributed by atoms with E-state index in [0.29, 0.717) is 17.7 Å². The minimum atomic E-state index is -2.66. The van der Waals surface area contributed by atoms with Crippen molar-refractivity contribution in [2.45, 2.75) is 88.3 Å². The van der Waals surface area contributed by atoms with Crippen LogP contribution >= 0.6 is 0 Å². The quantitative estimate of drug-likeness (QED) is 0.151. The van der Waals surface area contributed by atoms with E-state index in [1.165, 1.54) is 10.5 Å². The molecule has 0 spiro atoms. The van der Waals surface area contributed by atoms with Crippen molar-refractivity contribution in [3.63, 3.8) is 0 Å². The van der Waals surface area contributed by atoms with Gasteiger partial charge < -0.3 is 15.5 Å². The van der Waals surface area contributed by atoms with Crippen LogP contribution in [0.4, 0.5) is 8.78 Å². The van der Waals surface area contributed by atoms with Gasteiger partial charge in [0.1, 0.15) is 0 Å². The number of pyridine rings is 1. The Hall–Kier alpha value is -4.06. The van der Waals surface area contributed by atoms with E-state index in [0.717, 1.165) is 89.1 Å². The largest absolute Gasteiger partial charge is 0.349 e. The van der Waals surface area contributed by atoms with Crippen LogP contribution in [-0.4, -0.2) is 95.2 Å². The topological polar surface area (TPSA) is 97.9 Å². The molecule has 2 N–H and O–H groups in total. The third-order valence-electron chi connectivity index (χ3n) is 11.7. The van der Waals surface area contributed by atoms with E-state index >= 15 is 0 Å². The lowest BCUT2D eigenvalue weighted by atomic mass is 9.86. The van der Waals surface area contributed by atoms with Crippen molar-refractivity contribution in [2.75, 3.05) is 45.8 Å². The number of aromatic nitrogens is 1. The molecule has 2 aliphatic carbocycles. The lowest BCUT2D eigenvalue weighted by Crippen LogP contribution is -2.56. The fourth-order valence-corrected chi connectivity index (χ4v) is 8.76. The van der Waals surface area contributed by atoms with Gasteiger partial charge in [-0.3, -0.25) is 29.2 Å². The maximum atomic E-state index is 13.8. The van der Waals surface area contributed by atoms with E-state index in [4.69, 9.17) is 4.98 Å². The average molecular weight is 727 g/mol. The van der Waals surface area contributed by atoms with Gasteiger partial charge in [-0.25, -0.2) is 8.78 Å². The lowest BCUT2D eigenvalue weighted by molar-refractivity contribution is -0.130. The summed E-state index contributed by atoms with van der Waals surface area (Å²) in [7, 11) is 0. The average Bonchev–Trinajstić information content (AvgIpc) is 3.42. The number of aryl methyl sites for hydroxylation is 1. The summed E-state index contributed by atoms with van der Waals surface area (Å²) in [6, 6.07) is 21.5. The summed E-state index contributed by atoms with van der Waals surface area (Å²) in [6.07, 6.45) is 7.37. The van der Waals surface area contributed by atoms with Crippen molar-refractivity contribution in [3.8, 4) is 0 Å². The summed E-state index contributed by atoms with van der Waals surface area (Å²) in [6.45, 7) is 5.50. The van der Waals surface area contributed by atoms with E-state index in [9.17, 15) is 23.2 Å². The number of amides is 3. The molecule has 1 saturated heterocycles. The number of nitrogens with one attached hydrogen (secondary N) is 2. The maximum Gasteiger partial charge on any atom is 0.261 e. The molecule has 1 aromatic heterocycles. The predicted molar refractivity (Wildman–Crippen MR) is 200 cm³/mol. The highest BCUT2D eigenvalue weighted by Gasteiger charge is 2.38. The summed E-state index contributed by atoms with van der Waals surface area (Å²) in [5.41, 5.74) is 4.49. The van der Waals surface area contributed by atoms with Gasteiger partial charge in [0.05, 0.1) is 28.9 Å². The van der Waals surface area contributed by atoms with Crippen LogP contribution in [0, 0.1) is 5.92 Å². The van der Waals surface area contributed by atoms with Crippen LogP contribution in [0.5, 0.6) is 0 Å². The molecule has 9 nitrogen and oxygen atoms in total. The summed E-state index contributed by atoms with van der Waals surface area (Å²) in [5, 5.41) is 7.01. The molecule has 2 aromatic carbocycles. The van der Waals surface area contributed by atoms with E-state index < -0.39 is 5.92 Å². The fraction of sp³-hybridized carbons (Fsp3) is 0.524. The first kappa shape index (κ1) is 37.3. The van der Waals surface area contributed by atoms with Crippen molar-refractivity contribution < 1.29 is 23.2 Å². The molecule has 3 atom stereocenters. The summed E-state index contributed by atoms with van der Waals surface area (Å²) < 4.78 is 27.6. The van der Waals surface area contributed by atoms with E-state index in [1.807, 2.05) is 42.6 Å². The summed E-state index contributed by atoms with van der Waals surface area (Å²) in [5.74, 6) is -3.56. The van der Waals surface area contributed by atoms with Crippen LogP contribution < -0.4 is 10.6 Å². The zero-order chi connectivity index (χ0) is 36.8. The molecule has 3 aromatic rings. The van der Waals surface area contributed by atoms with Crippen molar-refractivity contribution in [3.05, 3.63) is 101 Å². The number of piperazine rings is 1. The third-order valence-corrected chi connectivity index (χ3v) is 11.7. The zero-order valence-corrected chi connectivity index (χ0v) is 30.5. The van der Waals surface area contributed by atoms with Crippen LogP contribution in [0.25, 0.3) is 0 Å². The second-order valence-corrected chi connectivity index (χ2v) is 15.3. The first-order chi connectivity index (χ1) is 25.8. The number of carbonyl (C=O) groups excluding carboxylic acids is 3. The van der Waals surface area contributed by atoms with Gasteiger partial charge in [-0.15, -0.1) is 0 Å². The number of hydrogen-bond acceptors (Lipinski definition) is 7. The summed E-state index contributed by atoms with van der Waals surface area (Å²) in [4.78, 5) is 50.5. The highest BCUT2D eigenvalue weighted by atomic mass is 19.3. The molecule has 282 valence electrons. The number of halogens is 2. The number of unbranched alkanes of at least 4 members (excludes halogenated alkanes) is 1. The Labute approximate surface area is 311 Å². The normalized spacial score (nSPS) is 22.4. The maximum absolute atomic E-state index is 13.8. The van der Waals surface area contributed by atoms with Gasteiger partial charge in [0, 0.05) is 70.3 Å². The first-order valence-electron chi connectivity index (χ1n) is 19.6. The number of carbonyl (C=O) groups is 3. The molecule has 11 heteroatoms. The molecule has 3 amide bonds. The van der Waals surface area contributed by atoms with Gasteiger partial charge in [-0.1, -0.05) is 48.5 Å². The first-order valence-corrected chi connectivity index (χ1v) is 19.6. The Morgan fingerprint density at radius 1 is 0.943 bits per heavy atom. The monoisotopic (exact) mass is 726 g/mol. The number of benzene rings is 2. The molecule has 0 unspecified atom stereocenters. The highest BCUT2D eigenvalue weighted by Crippen LogP contribution is 2.37. The zero-order valence-electron chi connectivity index (χ0n) is 30.5. The Kier molecular flexibility index (Phi) is 11.9. The molecule has 53 heavy (non-hydrogen) atoms. The van der Waals surface area contributed by atoms with Gasteiger partial charge in [0.25, 0.3) is 11.8 Å². The fourth-order valence-electron chi connectivity index (χ4n) is 8.76. The second-order valence-electron chi connectivity index (χ2n) is 15.3. The molecule has 3 heterocycles. The van der Waals surface area contributed by atoms with Crippen LogP contribution in [-0.2, 0) is 11.2 Å². The number of imide groups is 1. The number of nitrogens with zero attached hydrogens (tertiary/aromatic N) is 4. The standard InChI is InChI=1S/C42H52F2N6O3/c43-42(44)20-17-32(18-21-42)39(51)47-36(30-10-2-1-3-11-30)19-26-48-27-23-45-33(28-48)29-49(37-16-8-12-31-13-9-22-46-38(31)37)24-6-7-25-50-40(52)34-14-4-5-15-35(34)41(50)53/h1-5,9-11,13-15,22,32-33,36-37,45H,6-8,12,16-21,23-29H2,(H,47,51)/t33-,36+,37+/m1/s1. The Bertz CT molecular complexity index is 1700. The van der Waals surface area contributed by atoms with Crippen molar-refractivity contribution in [1.82, 2.24) is 30.3 Å². The molecule has 0 bridgehead atoms. The van der Waals surface area contributed by atoms with E-state index in [1.54, 1.807) is 24.3 Å². The number of hydrogen-bond donors (Lipinski definition) is 2. The van der Waals surface area contributed by atoms with Gasteiger partial charge in [0.2, 0.25) is 11.8 Å². The second kappa shape index (κ2) is 17.0. The lowest BCUT2D eigenvalue weighted by Gasteiger charge is -2.41. The number of fused-ring (bicyclic) bond motifs is 2. The van der Waals surface area contributed by atoms with Crippen molar-refractivity contribution in [1.29, 1.82) is 0 Å². The molecule has 2 fully saturated rings. The van der Waals surface area contributed by atoms with Crippen LogP contribution in [0.15, 0.2) is 72.9 Å².